The molecule has 0 radical (unpaired) electrons. The van der Waals surface area contributed by atoms with E-state index in [4.69, 9.17) is 0 Å². The Morgan fingerprint density at radius 3 is 2.65 bits per heavy atom. The van der Waals surface area contributed by atoms with Crippen LogP contribution < -0.4 is 0 Å². The lowest BCUT2D eigenvalue weighted by Crippen LogP contribution is -2.30. The molecular weight excluding hydrogens is 340 g/mol. The van der Waals surface area contributed by atoms with Gasteiger partial charge in [-0.25, -0.2) is 8.42 Å². The molecule has 1 saturated carbocycles. The Morgan fingerprint density at radius 2 is 2.05 bits per heavy atom. The molecule has 3 atom stereocenters. The molecule has 1 aromatic rings. The van der Waals surface area contributed by atoms with Gasteiger partial charge < -0.3 is 5.11 Å². The number of sulfone groups is 1. The summed E-state index contributed by atoms with van der Waals surface area (Å²) < 4.78 is 24.4. The molecule has 0 amide bonds. The summed E-state index contributed by atoms with van der Waals surface area (Å²) in [7, 11) is -3.01. The highest BCUT2D eigenvalue weighted by Crippen LogP contribution is 2.38. The van der Waals surface area contributed by atoms with E-state index in [0.717, 1.165) is 34.9 Å². The number of rotatable bonds is 3. The quantitative estimate of drug-likeness (QED) is 0.898. The smallest absolute Gasteiger partial charge is 0.150 e. The summed E-state index contributed by atoms with van der Waals surface area (Å²) in [5.41, 5.74) is 1.95. The first-order valence-electron chi connectivity index (χ1n) is 6.92. The van der Waals surface area contributed by atoms with Crippen LogP contribution >= 0.6 is 15.9 Å². The summed E-state index contributed by atoms with van der Waals surface area (Å²) in [5, 5.41) is 10.3. The lowest BCUT2D eigenvalue weighted by molar-refractivity contribution is 0.0851. The van der Waals surface area contributed by atoms with Crippen LogP contribution in [0.15, 0.2) is 22.7 Å². The second-order valence-electron chi connectivity index (χ2n) is 5.82. The predicted molar refractivity (Wildman–Crippen MR) is 84.4 cm³/mol. The third kappa shape index (κ3) is 3.62. The van der Waals surface area contributed by atoms with Crippen molar-refractivity contribution in [1.82, 2.24) is 0 Å². The van der Waals surface area contributed by atoms with Gasteiger partial charge in [0.15, 0.2) is 0 Å². The molecule has 1 fully saturated rings. The van der Waals surface area contributed by atoms with Crippen LogP contribution in [0.25, 0.3) is 0 Å². The lowest BCUT2D eigenvalue weighted by Gasteiger charge is -2.32. The summed E-state index contributed by atoms with van der Waals surface area (Å²) >= 11 is 3.42. The van der Waals surface area contributed by atoms with Crippen LogP contribution in [-0.2, 0) is 9.84 Å². The topological polar surface area (TPSA) is 54.4 Å². The first-order chi connectivity index (χ1) is 9.29. The molecule has 0 aromatic heterocycles. The predicted octanol–water partition coefficient (Wildman–Crippen LogP) is 3.39. The van der Waals surface area contributed by atoms with Gasteiger partial charge in [-0.2, -0.15) is 0 Å². The van der Waals surface area contributed by atoms with Crippen molar-refractivity contribution in [3.8, 4) is 0 Å². The third-order valence-electron chi connectivity index (χ3n) is 4.27. The molecule has 0 bridgehead atoms. The highest BCUT2D eigenvalue weighted by Gasteiger charge is 2.33. The first-order valence-corrected chi connectivity index (χ1v) is 9.67. The van der Waals surface area contributed by atoms with E-state index in [1.165, 1.54) is 6.26 Å². The third-order valence-corrected chi connectivity index (χ3v) is 6.40. The minimum Gasteiger partial charge on any atom is -0.388 e. The number of hydrogen-bond donors (Lipinski definition) is 1. The van der Waals surface area contributed by atoms with Crippen LogP contribution in [0.5, 0.6) is 0 Å². The summed E-state index contributed by atoms with van der Waals surface area (Å²) in [6.45, 7) is 1.97. The maximum atomic E-state index is 11.7. The van der Waals surface area contributed by atoms with Crippen LogP contribution in [0.4, 0.5) is 0 Å². The summed E-state index contributed by atoms with van der Waals surface area (Å²) in [4.78, 5) is 0. The second kappa shape index (κ2) is 6.16. The van der Waals surface area contributed by atoms with Gasteiger partial charge in [0.2, 0.25) is 0 Å². The van der Waals surface area contributed by atoms with Crippen LogP contribution in [0.3, 0.4) is 0 Å². The van der Waals surface area contributed by atoms with Gasteiger partial charge in [-0.1, -0.05) is 28.4 Å². The number of benzene rings is 1. The molecule has 112 valence electrons. The van der Waals surface area contributed by atoms with Crippen LogP contribution in [-0.4, -0.2) is 25.0 Å². The standard InChI is InChI=1S/C15H21BrO3S/c1-10-8-12(16)6-7-14(10)15(17)11-4-3-5-13(9-11)20(2,18)19/h6-8,11,13,15,17H,3-5,9H2,1-2H3. The molecular formula is C15H21BrO3S. The van der Waals surface area contributed by atoms with E-state index in [9.17, 15) is 13.5 Å². The van der Waals surface area contributed by atoms with Crippen LogP contribution in [0.1, 0.15) is 42.9 Å². The van der Waals surface area contributed by atoms with E-state index in [0.29, 0.717) is 6.42 Å². The maximum absolute atomic E-state index is 11.7. The maximum Gasteiger partial charge on any atom is 0.150 e. The van der Waals surface area contributed by atoms with Crippen LogP contribution in [0.2, 0.25) is 0 Å². The first kappa shape index (κ1) is 16.0. The highest BCUT2D eigenvalue weighted by molar-refractivity contribution is 9.10. The molecule has 3 unspecified atom stereocenters. The van der Waals surface area contributed by atoms with Gasteiger partial charge in [0.1, 0.15) is 9.84 Å². The SMILES string of the molecule is Cc1cc(Br)ccc1C(O)C1CCCC(S(C)(=O)=O)C1. The van der Waals surface area contributed by atoms with E-state index in [2.05, 4.69) is 15.9 Å². The summed E-state index contributed by atoms with van der Waals surface area (Å²) in [5.74, 6) is 0.0309. The fraction of sp³-hybridized carbons (Fsp3) is 0.600. The van der Waals surface area contributed by atoms with Crippen LogP contribution in [0, 0.1) is 12.8 Å². The normalized spacial score (nSPS) is 25.4. The van der Waals surface area contributed by atoms with Gasteiger partial charge in [0.05, 0.1) is 11.4 Å². The Bertz CT molecular complexity index is 583. The van der Waals surface area contributed by atoms with Crippen molar-refractivity contribution < 1.29 is 13.5 Å². The fourth-order valence-corrected chi connectivity index (χ4v) is 4.75. The van der Waals surface area contributed by atoms with E-state index in [-0.39, 0.29) is 11.2 Å². The minimum atomic E-state index is -3.01. The molecule has 20 heavy (non-hydrogen) atoms. The zero-order valence-corrected chi connectivity index (χ0v) is 14.2. The number of aliphatic hydroxyl groups is 1. The van der Waals surface area contributed by atoms with E-state index in [1.807, 2.05) is 25.1 Å². The van der Waals surface area contributed by atoms with Gasteiger partial charge in [-0.3, -0.25) is 0 Å². The Hall–Kier alpha value is -0.390. The fourth-order valence-electron chi connectivity index (χ4n) is 3.08. The molecule has 1 aromatic carbocycles. The molecule has 1 aliphatic carbocycles. The molecule has 2 rings (SSSR count). The van der Waals surface area contributed by atoms with E-state index in [1.54, 1.807) is 0 Å². The molecule has 1 N–H and O–H groups in total. The lowest BCUT2D eigenvalue weighted by atomic mass is 9.81. The highest BCUT2D eigenvalue weighted by atomic mass is 79.9. The van der Waals surface area contributed by atoms with Gasteiger partial charge in [0.25, 0.3) is 0 Å². The molecule has 0 aliphatic heterocycles. The van der Waals surface area contributed by atoms with Crippen molar-refractivity contribution in [1.29, 1.82) is 0 Å². The summed E-state index contributed by atoms with van der Waals surface area (Å²) in [6, 6.07) is 5.83. The molecule has 5 heteroatoms. The van der Waals surface area contributed by atoms with Gasteiger partial charge >= 0.3 is 0 Å². The average molecular weight is 361 g/mol. The molecule has 3 nitrogen and oxygen atoms in total. The monoisotopic (exact) mass is 360 g/mol. The van der Waals surface area contributed by atoms with Gasteiger partial charge in [-0.05, 0) is 55.4 Å². The van der Waals surface area contributed by atoms with Crippen molar-refractivity contribution >= 4 is 25.8 Å². The molecule has 1 aliphatic rings. The van der Waals surface area contributed by atoms with E-state index >= 15 is 0 Å². The Kier molecular flexibility index (Phi) is 4.92. The Morgan fingerprint density at radius 1 is 1.35 bits per heavy atom. The molecule has 0 saturated heterocycles. The van der Waals surface area contributed by atoms with Gasteiger partial charge in [0, 0.05) is 10.7 Å². The van der Waals surface area contributed by atoms with Crippen molar-refractivity contribution in [3.63, 3.8) is 0 Å². The van der Waals surface area contributed by atoms with E-state index < -0.39 is 15.9 Å². The Balaban J connectivity index is 2.18. The van der Waals surface area contributed by atoms with Crippen molar-refractivity contribution in [3.05, 3.63) is 33.8 Å². The average Bonchev–Trinajstić information content (AvgIpc) is 2.37. The molecule has 0 heterocycles. The zero-order valence-electron chi connectivity index (χ0n) is 11.8. The number of hydrogen-bond acceptors (Lipinski definition) is 3. The van der Waals surface area contributed by atoms with Crippen molar-refractivity contribution in [2.24, 2.45) is 5.92 Å². The second-order valence-corrected chi connectivity index (χ2v) is 9.07. The number of aliphatic hydroxyl groups excluding tert-OH is 1. The Labute approximate surface area is 129 Å². The minimum absolute atomic E-state index is 0.0309. The zero-order chi connectivity index (χ0) is 14.9. The number of aryl methyl sites for hydroxylation is 1. The van der Waals surface area contributed by atoms with Gasteiger partial charge in [-0.15, -0.1) is 0 Å². The molecule has 0 spiro atoms. The van der Waals surface area contributed by atoms with Crippen molar-refractivity contribution in [2.45, 2.75) is 44.0 Å². The summed E-state index contributed by atoms with van der Waals surface area (Å²) in [6.07, 6.45) is 3.78. The largest absolute Gasteiger partial charge is 0.388 e. The number of halogens is 1. The van der Waals surface area contributed by atoms with Crippen molar-refractivity contribution in [2.75, 3.05) is 6.26 Å².